The van der Waals surface area contributed by atoms with Crippen molar-refractivity contribution >= 4 is 15.5 Å². The molecule has 0 saturated carbocycles. The van der Waals surface area contributed by atoms with Crippen LogP contribution in [0.15, 0.2) is 53.4 Å². The van der Waals surface area contributed by atoms with Crippen molar-refractivity contribution in [2.75, 3.05) is 18.1 Å². The maximum atomic E-state index is 12.8. The van der Waals surface area contributed by atoms with Gasteiger partial charge in [0.15, 0.2) is 9.84 Å². The van der Waals surface area contributed by atoms with E-state index in [4.69, 9.17) is 0 Å². The number of sulfone groups is 1. The lowest BCUT2D eigenvalue weighted by atomic mass is 10.1. The third-order valence-electron chi connectivity index (χ3n) is 3.14. The van der Waals surface area contributed by atoms with Gasteiger partial charge in [-0.2, -0.15) is 0 Å². The van der Waals surface area contributed by atoms with Gasteiger partial charge in [-0.25, -0.2) is 12.8 Å². The van der Waals surface area contributed by atoms with Crippen LogP contribution in [-0.4, -0.2) is 21.2 Å². The standard InChI is InChI=1S/C16H18FNO2S/c1-21(19,20)16-6-2-4-13(12-16)5-3-11-18-15-9-7-14(17)8-10-15/h2,4,6-10,12,18H,3,5,11H2,1H3. The summed E-state index contributed by atoms with van der Waals surface area (Å²) < 4.78 is 35.7. The second kappa shape index (κ2) is 6.72. The molecule has 0 aliphatic heterocycles. The summed E-state index contributed by atoms with van der Waals surface area (Å²) >= 11 is 0. The second-order valence-electron chi connectivity index (χ2n) is 4.96. The summed E-state index contributed by atoms with van der Waals surface area (Å²) in [7, 11) is -3.15. The highest BCUT2D eigenvalue weighted by atomic mass is 32.2. The topological polar surface area (TPSA) is 46.2 Å². The first kappa shape index (κ1) is 15.5. The zero-order valence-electron chi connectivity index (χ0n) is 11.8. The van der Waals surface area contributed by atoms with Crippen molar-refractivity contribution < 1.29 is 12.8 Å². The number of nitrogens with one attached hydrogen (secondary N) is 1. The predicted octanol–water partition coefficient (Wildman–Crippen LogP) is 3.27. The fourth-order valence-electron chi connectivity index (χ4n) is 2.02. The molecule has 0 aliphatic carbocycles. The van der Waals surface area contributed by atoms with E-state index in [9.17, 15) is 12.8 Å². The number of halogens is 1. The molecule has 0 radical (unpaired) electrons. The minimum atomic E-state index is -3.15. The highest BCUT2D eigenvalue weighted by Crippen LogP contribution is 2.13. The molecule has 0 spiro atoms. The van der Waals surface area contributed by atoms with Crippen LogP contribution in [0.2, 0.25) is 0 Å². The quantitative estimate of drug-likeness (QED) is 0.833. The molecule has 0 amide bonds. The number of benzene rings is 2. The fourth-order valence-corrected chi connectivity index (χ4v) is 2.72. The first-order chi connectivity index (χ1) is 9.95. The second-order valence-corrected chi connectivity index (χ2v) is 6.97. The molecule has 5 heteroatoms. The minimum absolute atomic E-state index is 0.252. The van der Waals surface area contributed by atoms with Crippen LogP contribution in [0.25, 0.3) is 0 Å². The van der Waals surface area contributed by atoms with Gasteiger partial charge in [-0.15, -0.1) is 0 Å². The summed E-state index contributed by atoms with van der Waals surface area (Å²) in [5.74, 6) is -0.252. The van der Waals surface area contributed by atoms with E-state index in [1.807, 2.05) is 6.07 Å². The predicted molar refractivity (Wildman–Crippen MR) is 82.8 cm³/mol. The molecule has 2 rings (SSSR count). The average Bonchev–Trinajstić information content (AvgIpc) is 2.45. The Balaban J connectivity index is 1.85. The Hall–Kier alpha value is -1.88. The Labute approximate surface area is 124 Å². The minimum Gasteiger partial charge on any atom is -0.385 e. The van der Waals surface area contributed by atoms with E-state index < -0.39 is 9.84 Å². The zero-order chi connectivity index (χ0) is 15.3. The van der Waals surface area contributed by atoms with E-state index in [-0.39, 0.29) is 5.82 Å². The van der Waals surface area contributed by atoms with Crippen molar-refractivity contribution in [3.63, 3.8) is 0 Å². The van der Waals surface area contributed by atoms with E-state index >= 15 is 0 Å². The van der Waals surface area contributed by atoms with Gasteiger partial charge < -0.3 is 5.32 Å². The van der Waals surface area contributed by atoms with Crippen LogP contribution in [-0.2, 0) is 16.3 Å². The van der Waals surface area contributed by atoms with E-state index in [2.05, 4.69) is 5.32 Å². The Bertz CT molecular complexity index is 696. The van der Waals surface area contributed by atoms with Crippen molar-refractivity contribution in [1.29, 1.82) is 0 Å². The molecule has 112 valence electrons. The van der Waals surface area contributed by atoms with Gasteiger partial charge in [-0.1, -0.05) is 12.1 Å². The summed E-state index contributed by atoms with van der Waals surface area (Å²) in [5.41, 5.74) is 1.88. The van der Waals surface area contributed by atoms with Crippen LogP contribution < -0.4 is 5.32 Å². The maximum absolute atomic E-state index is 12.8. The molecule has 3 nitrogen and oxygen atoms in total. The Morgan fingerprint density at radius 2 is 1.81 bits per heavy atom. The number of hydrogen-bond acceptors (Lipinski definition) is 3. The van der Waals surface area contributed by atoms with Crippen molar-refractivity contribution in [1.82, 2.24) is 0 Å². The van der Waals surface area contributed by atoms with Crippen molar-refractivity contribution in [2.24, 2.45) is 0 Å². The smallest absolute Gasteiger partial charge is 0.175 e. The third kappa shape index (κ3) is 4.86. The SMILES string of the molecule is CS(=O)(=O)c1cccc(CCCNc2ccc(F)cc2)c1. The molecule has 0 atom stereocenters. The molecular formula is C16H18FNO2S. The van der Waals surface area contributed by atoms with Gasteiger partial charge in [0.25, 0.3) is 0 Å². The van der Waals surface area contributed by atoms with E-state index in [0.29, 0.717) is 4.90 Å². The van der Waals surface area contributed by atoms with Crippen LogP contribution in [0.3, 0.4) is 0 Å². The van der Waals surface area contributed by atoms with Gasteiger partial charge in [0.1, 0.15) is 5.82 Å². The number of hydrogen-bond donors (Lipinski definition) is 1. The molecule has 21 heavy (non-hydrogen) atoms. The number of anilines is 1. The van der Waals surface area contributed by atoms with Gasteiger partial charge in [0.2, 0.25) is 0 Å². The van der Waals surface area contributed by atoms with Crippen LogP contribution in [0, 0.1) is 5.82 Å². The molecule has 1 N–H and O–H groups in total. The fraction of sp³-hybridized carbons (Fsp3) is 0.250. The average molecular weight is 307 g/mol. The molecule has 2 aromatic rings. The van der Waals surface area contributed by atoms with Crippen molar-refractivity contribution in [2.45, 2.75) is 17.7 Å². The van der Waals surface area contributed by atoms with Gasteiger partial charge in [0.05, 0.1) is 4.90 Å². The summed E-state index contributed by atoms with van der Waals surface area (Å²) in [6, 6.07) is 13.2. The molecule has 0 fully saturated rings. The van der Waals surface area contributed by atoms with Crippen LogP contribution in [0.1, 0.15) is 12.0 Å². The Morgan fingerprint density at radius 3 is 2.48 bits per heavy atom. The molecule has 0 aliphatic rings. The van der Waals surface area contributed by atoms with Gasteiger partial charge in [0, 0.05) is 18.5 Å². The molecule has 2 aromatic carbocycles. The molecule has 0 heterocycles. The summed E-state index contributed by atoms with van der Waals surface area (Å²) in [6.45, 7) is 0.745. The number of aryl methyl sites for hydroxylation is 1. The molecule has 0 aromatic heterocycles. The highest BCUT2D eigenvalue weighted by Gasteiger charge is 2.06. The lowest BCUT2D eigenvalue weighted by Crippen LogP contribution is -2.03. The first-order valence-corrected chi connectivity index (χ1v) is 8.63. The molecule has 0 saturated heterocycles. The molecular weight excluding hydrogens is 289 g/mol. The highest BCUT2D eigenvalue weighted by molar-refractivity contribution is 7.90. The molecule has 0 unspecified atom stereocenters. The maximum Gasteiger partial charge on any atom is 0.175 e. The van der Waals surface area contributed by atoms with E-state index in [1.54, 1.807) is 30.3 Å². The Kier molecular flexibility index (Phi) is 4.96. The van der Waals surface area contributed by atoms with E-state index in [0.717, 1.165) is 30.6 Å². The normalized spacial score (nSPS) is 11.3. The van der Waals surface area contributed by atoms with E-state index in [1.165, 1.54) is 18.4 Å². The van der Waals surface area contributed by atoms with Gasteiger partial charge in [-0.05, 0) is 54.8 Å². The lowest BCUT2D eigenvalue weighted by Gasteiger charge is -2.07. The van der Waals surface area contributed by atoms with Crippen LogP contribution in [0.5, 0.6) is 0 Å². The largest absolute Gasteiger partial charge is 0.385 e. The zero-order valence-corrected chi connectivity index (χ0v) is 12.7. The lowest BCUT2D eigenvalue weighted by molar-refractivity contribution is 0.601. The van der Waals surface area contributed by atoms with Crippen molar-refractivity contribution in [3.05, 3.63) is 59.9 Å². The number of rotatable bonds is 6. The van der Waals surface area contributed by atoms with Crippen LogP contribution >= 0.6 is 0 Å². The summed E-state index contributed by atoms with van der Waals surface area (Å²) in [5, 5.41) is 3.20. The van der Waals surface area contributed by atoms with Crippen LogP contribution in [0.4, 0.5) is 10.1 Å². The Morgan fingerprint density at radius 1 is 1.10 bits per heavy atom. The van der Waals surface area contributed by atoms with Crippen molar-refractivity contribution in [3.8, 4) is 0 Å². The third-order valence-corrected chi connectivity index (χ3v) is 4.25. The van der Waals surface area contributed by atoms with Gasteiger partial charge in [-0.3, -0.25) is 0 Å². The summed E-state index contributed by atoms with van der Waals surface area (Å²) in [6.07, 6.45) is 2.87. The van der Waals surface area contributed by atoms with Gasteiger partial charge >= 0.3 is 0 Å². The monoisotopic (exact) mass is 307 g/mol. The summed E-state index contributed by atoms with van der Waals surface area (Å²) in [4.78, 5) is 0.353. The first-order valence-electron chi connectivity index (χ1n) is 6.73. The molecule has 0 bridgehead atoms.